The van der Waals surface area contributed by atoms with Gasteiger partial charge in [-0.2, -0.15) is 0 Å². The second-order valence-corrected chi connectivity index (χ2v) is 3.73. The third-order valence-corrected chi connectivity index (χ3v) is 2.40. The molecule has 17 heavy (non-hydrogen) atoms. The van der Waals surface area contributed by atoms with E-state index < -0.39 is 12.5 Å². The van der Waals surface area contributed by atoms with Crippen LogP contribution in [0.1, 0.15) is 11.6 Å². The monoisotopic (exact) mass is 245 g/mol. The van der Waals surface area contributed by atoms with Crippen LogP contribution in [-0.2, 0) is 4.74 Å². The highest BCUT2D eigenvalue weighted by Crippen LogP contribution is 2.13. The van der Waals surface area contributed by atoms with E-state index in [1.54, 1.807) is 7.11 Å². The van der Waals surface area contributed by atoms with Gasteiger partial charge in [-0.15, -0.1) is 0 Å². The van der Waals surface area contributed by atoms with Gasteiger partial charge in [0.15, 0.2) is 0 Å². The number of hydrogen-bond acceptors (Lipinski definition) is 3. The first-order chi connectivity index (χ1) is 8.15. The fourth-order valence-electron chi connectivity index (χ4n) is 1.48. The maximum absolute atomic E-state index is 12.1. The Morgan fingerprint density at radius 2 is 1.94 bits per heavy atom. The third kappa shape index (κ3) is 4.77. The molecule has 0 spiro atoms. The predicted octanol–water partition coefficient (Wildman–Crippen LogP) is 1.59. The van der Waals surface area contributed by atoms with Crippen LogP contribution in [0.4, 0.5) is 8.78 Å². The van der Waals surface area contributed by atoms with Crippen molar-refractivity contribution in [3.05, 3.63) is 35.9 Å². The molecule has 0 aromatic heterocycles. The van der Waals surface area contributed by atoms with Crippen molar-refractivity contribution in [3.63, 3.8) is 0 Å². The molecule has 2 unspecified atom stereocenters. The average Bonchev–Trinajstić information content (AvgIpc) is 2.35. The van der Waals surface area contributed by atoms with Crippen molar-refractivity contribution in [2.24, 2.45) is 0 Å². The fraction of sp³-hybridized carbons (Fsp3) is 0.500. The van der Waals surface area contributed by atoms with Gasteiger partial charge in [-0.25, -0.2) is 8.78 Å². The molecule has 1 aromatic carbocycles. The first-order valence-corrected chi connectivity index (χ1v) is 5.38. The van der Waals surface area contributed by atoms with Crippen LogP contribution >= 0.6 is 0 Å². The van der Waals surface area contributed by atoms with Crippen LogP contribution in [0.25, 0.3) is 0 Å². The summed E-state index contributed by atoms with van der Waals surface area (Å²) < 4.78 is 29.3. The van der Waals surface area contributed by atoms with E-state index in [4.69, 9.17) is 9.84 Å². The number of nitrogens with one attached hydrogen (secondary N) is 1. The first kappa shape index (κ1) is 14.0. The Kier molecular flexibility index (Phi) is 6.04. The molecule has 0 fully saturated rings. The molecule has 0 aliphatic heterocycles. The lowest BCUT2D eigenvalue weighted by Crippen LogP contribution is -2.36. The van der Waals surface area contributed by atoms with Gasteiger partial charge in [0.2, 0.25) is 0 Å². The van der Waals surface area contributed by atoms with Gasteiger partial charge in [0.1, 0.15) is 6.10 Å². The van der Waals surface area contributed by atoms with Crippen molar-refractivity contribution in [1.82, 2.24) is 5.32 Å². The van der Waals surface area contributed by atoms with Gasteiger partial charge >= 0.3 is 0 Å². The van der Waals surface area contributed by atoms with Gasteiger partial charge < -0.3 is 15.2 Å². The molecule has 1 aromatic rings. The molecular formula is C12H17F2NO2. The highest BCUT2D eigenvalue weighted by molar-refractivity contribution is 5.18. The summed E-state index contributed by atoms with van der Waals surface area (Å²) in [6.45, 7) is 0.195. The molecule has 3 nitrogen and oxygen atoms in total. The summed E-state index contributed by atoms with van der Waals surface area (Å²) in [6, 6.07) is 9.17. The molecule has 0 aliphatic carbocycles. The van der Waals surface area contributed by atoms with Crippen molar-refractivity contribution in [2.45, 2.75) is 18.6 Å². The minimum atomic E-state index is -2.73. The number of ether oxygens (including phenoxy) is 1. The van der Waals surface area contributed by atoms with E-state index in [0.29, 0.717) is 6.61 Å². The van der Waals surface area contributed by atoms with Crippen molar-refractivity contribution < 1.29 is 18.6 Å². The second kappa shape index (κ2) is 7.32. The normalized spacial score (nSPS) is 14.9. The first-order valence-electron chi connectivity index (χ1n) is 5.38. The highest BCUT2D eigenvalue weighted by atomic mass is 19.3. The lowest BCUT2D eigenvalue weighted by Gasteiger charge is -2.20. The number of benzene rings is 1. The van der Waals surface area contributed by atoms with Crippen LogP contribution < -0.4 is 5.32 Å². The van der Waals surface area contributed by atoms with E-state index in [-0.39, 0.29) is 12.6 Å². The zero-order valence-corrected chi connectivity index (χ0v) is 9.64. The number of aliphatic hydroxyl groups excluding tert-OH is 1. The van der Waals surface area contributed by atoms with Gasteiger partial charge in [0, 0.05) is 13.7 Å². The maximum atomic E-state index is 12.1. The maximum Gasteiger partial charge on any atom is 0.265 e. The standard InChI is InChI=1S/C12H17F2NO2/c1-17-8-10(9-5-3-2-4-6-9)15-7-11(16)12(13)14/h2-6,10-12,15-16H,7-8H2,1H3. The smallest absolute Gasteiger partial charge is 0.265 e. The van der Waals surface area contributed by atoms with E-state index >= 15 is 0 Å². The quantitative estimate of drug-likeness (QED) is 0.766. The topological polar surface area (TPSA) is 41.5 Å². The van der Waals surface area contributed by atoms with Gasteiger partial charge in [-0.05, 0) is 5.56 Å². The fourth-order valence-corrected chi connectivity index (χ4v) is 1.48. The SMILES string of the molecule is COCC(NCC(O)C(F)F)c1ccccc1. The number of halogens is 2. The molecule has 0 radical (unpaired) electrons. The lowest BCUT2D eigenvalue weighted by atomic mass is 10.1. The molecule has 1 rings (SSSR count). The summed E-state index contributed by atoms with van der Waals surface area (Å²) in [5, 5.41) is 11.9. The van der Waals surface area contributed by atoms with Crippen LogP contribution in [0.5, 0.6) is 0 Å². The minimum Gasteiger partial charge on any atom is -0.386 e. The molecule has 2 atom stereocenters. The Labute approximate surface area is 99.4 Å². The van der Waals surface area contributed by atoms with Crippen LogP contribution in [0.3, 0.4) is 0 Å². The summed E-state index contributed by atoms with van der Waals surface area (Å²) >= 11 is 0. The van der Waals surface area contributed by atoms with E-state index in [1.807, 2.05) is 30.3 Å². The van der Waals surface area contributed by atoms with Crippen LogP contribution in [-0.4, -0.2) is 37.9 Å². The predicted molar refractivity (Wildman–Crippen MR) is 61.1 cm³/mol. The third-order valence-electron chi connectivity index (χ3n) is 2.40. The summed E-state index contributed by atoms with van der Waals surface area (Å²) in [5.74, 6) is 0. The number of alkyl halides is 2. The van der Waals surface area contributed by atoms with Crippen molar-refractivity contribution >= 4 is 0 Å². The molecule has 0 aliphatic rings. The zero-order chi connectivity index (χ0) is 12.7. The Morgan fingerprint density at radius 1 is 1.29 bits per heavy atom. The molecular weight excluding hydrogens is 228 g/mol. The Bertz CT molecular complexity index is 309. The largest absolute Gasteiger partial charge is 0.386 e. The summed E-state index contributed by atoms with van der Waals surface area (Å²) in [6.07, 6.45) is -4.39. The molecule has 2 N–H and O–H groups in total. The Hall–Kier alpha value is -1.04. The van der Waals surface area contributed by atoms with E-state index in [2.05, 4.69) is 5.32 Å². The lowest BCUT2D eigenvalue weighted by molar-refractivity contribution is -0.00609. The average molecular weight is 245 g/mol. The number of methoxy groups -OCH3 is 1. The highest BCUT2D eigenvalue weighted by Gasteiger charge is 2.19. The van der Waals surface area contributed by atoms with Gasteiger partial charge in [-0.1, -0.05) is 30.3 Å². The van der Waals surface area contributed by atoms with E-state index in [0.717, 1.165) is 5.56 Å². The summed E-state index contributed by atoms with van der Waals surface area (Å²) in [5.41, 5.74) is 0.941. The molecule has 0 amide bonds. The Morgan fingerprint density at radius 3 is 2.47 bits per heavy atom. The van der Waals surface area contributed by atoms with Gasteiger partial charge in [0.25, 0.3) is 6.43 Å². The van der Waals surface area contributed by atoms with E-state index in [1.165, 1.54) is 0 Å². The molecule has 96 valence electrons. The van der Waals surface area contributed by atoms with Crippen LogP contribution in [0.15, 0.2) is 30.3 Å². The zero-order valence-electron chi connectivity index (χ0n) is 9.64. The van der Waals surface area contributed by atoms with Crippen molar-refractivity contribution in [1.29, 1.82) is 0 Å². The summed E-state index contributed by atoms with van der Waals surface area (Å²) in [4.78, 5) is 0. The molecule has 0 heterocycles. The molecule has 0 saturated carbocycles. The van der Waals surface area contributed by atoms with Gasteiger partial charge in [0.05, 0.1) is 12.6 Å². The molecule has 0 saturated heterocycles. The second-order valence-electron chi connectivity index (χ2n) is 3.73. The van der Waals surface area contributed by atoms with Crippen molar-refractivity contribution in [2.75, 3.05) is 20.3 Å². The summed E-state index contributed by atoms with van der Waals surface area (Å²) in [7, 11) is 1.54. The Balaban J connectivity index is 2.55. The van der Waals surface area contributed by atoms with Crippen LogP contribution in [0.2, 0.25) is 0 Å². The minimum absolute atomic E-state index is 0.166. The van der Waals surface area contributed by atoms with Crippen LogP contribution in [0, 0.1) is 0 Å². The van der Waals surface area contributed by atoms with E-state index in [9.17, 15) is 8.78 Å². The molecule has 0 bridgehead atoms. The van der Waals surface area contributed by atoms with Crippen molar-refractivity contribution in [3.8, 4) is 0 Å². The number of hydrogen-bond donors (Lipinski definition) is 2. The molecule has 5 heteroatoms. The van der Waals surface area contributed by atoms with Gasteiger partial charge in [-0.3, -0.25) is 0 Å². The number of rotatable bonds is 7. The number of aliphatic hydroxyl groups is 1.